The number of benzene rings is 1. The molecule has 0 fully saturated rings. The Hall–Kier alpha value is -1.53. The first-order valence-corrected chi connectivity index (χ1v) is 7.13. The summed E-state index contributed by atoms with van der Waals surface area (Å²) in [7, 11) is 1.66. The minimum absolute atomic E-state index is 0.0915. The Kier molecular flexibility index (Phi) is 5.03. The van der Waals surface area contributed by atoms with Gasteiger partial charge in [0.1, 0.15) is 5.75 Å². The van der Waals surface area contributed by atoms with Crippen LogP contribution in [0, 0.1) is 6.92 Å². The first kappa shape index (κ1) is 14.9. The molecule has 0 bridgehead atoms. The van der Waals surface area contributed by atoms with Crippen LogP contribution in [0.3, 0.4) is 0 Å². The fourth-order valence-electron chi connectivity index (χ4n) is 2.01. The average molecular weight is 340 g/mol. The molecular formula is C14H18BrN3O2. The van der Waals surface area contributed by atoms with E-state index in [0.29, 0.717) is 13.1 Å². The quantitative estimate of drug-likeness (QED) is 0.849. The third kappa shape index (κ3) is 3.52. The number of hydrogen-bond acceptors (Lipinski definition) is 4. The zero-order valence-corrected chi connectivity index (χ0v) is 13.1. The molecule has 0 radical (unpaired) electrons. The van der Waals surface area contributed by atoms with Gasteiger partial charge in [-0.05, 0) is 24.6 Å². The summed E-state index contributed by atoms with van der Waals surface area (Å²) >= 11 is 3.46. The lowest BCUT2D eigenvalue weighted by Gasteiger charge is -2.14. The second-order valence-electron chi connectivity index (χ2n) is 4.49. The zero-order valence-electron chi connectivity index (χ0n) is 11.6. The van der Waals surface area contributed by atoms with Gasteiger partial charge in [0, 0.05) is 22.8 Å². The van der Waals surface area contributed by atoms with Crippen molar-refractivity contribution in [1.29, 1.82) is 0 Å². The summed E-state index contributed by atoms with van der Waals surface area (Å²) in [6.07, 6.45) is 3.72. The van der Waals surface area contributed by atoms with Crippen LogP contribution in [0.1, 0.15) is 11.1 Å². The molecule has 2 rings (SSSR count). The van der Waals surface area contributed by atoms with Crippen molar-refractivity contribution in [3.05, 3.63) is 40.1 Å². The van der Waals surface area contributed by atoms with Crippen molar-refractivity contribution in [3.63, 3.8) is 0 Å². The van der Waals surface area contributed by atoms with Crippen molar-refractivity contribution in [2.24, 2.45) is 0 Å². The maximum Gasteiger partial charge on any atom is 0.143 e. The molecule has 108 valence electrons. The molecule has 0 saturated heterocycles. The van der Waals surface area contributed by atoms with Gasteiger partial charge in [-0.1, -0.05) is 15.9 Å². The van der Waals surface area contributed by atoms with Crippen LogP contribution in [0.5, 0.6) is 5.75 Å². The van der Waals surface area contributed by atoms with Gasteiger partial charge in [-0.15, -0.1) is 0 Å². The molecule has 1 aromatic heterocycles. The Morgan fingerprint density at radius 1 is 1.45 bits per heavy atom. The van der Waals surface area contributed by atoms with Gasteiger partial charge in [-0.2, -0.15) is 5.10 Å². The van der Waals surface area contributed by atoms with Gasteiger partial charge in [-0.3, -0.25) is 4.68 Å². The number of ether oxygens (including phenoxy) is 1. The molecule has 2 N–H and O–H groups in total. The SMILES string of the molecule is COc1cc(Br)cc(C)c1NCc1cnn(CCO)c1. The number of aliphatic hydroxyl groups is 1. The Morgan fingerprint density at radius 2 is 2.25 bits per heavy atom. The number of hydrogen-bond donors (Lipinski definition) is 2. The van der Waals surface area contributed by atoms with Crippen molar-refractivity contribution in [3.8, 4) is 5.75 Å². The number of nitrogens with one attached hydrogen (secondary N) is 1. The number of halogens is 1. The van der Waals surface area contributed by atoms with Crippen LogP contribution >= 0.6 is 15.9 Å². The van der Waals surface area contributed by atoms with E-state index in [1.807, 2.05) is 25.3 Å². The largest absolute Gasteiger partial charge is 0.495 e. The van der Waals surface area contributed by atoms with E-state index in [0.717, 1.165) is 27.0 Å². The lowest BCUT2D eigenvalue weighted by molar-refractivity contribution is 0.269. The van der Waals surface area contributed by atoms with Crippen LogP contribution in [-0.2, 0) is 13.1 Å². The number of rotatable bonds is 6. The van der Waals surface area contributed by atoms with E-state index in [4.69, 9.17) is 9.84 Å². The first-order chi connectivity index (χ1) is 9.63. The Morgan fingerprint density at radius 3 is 2.95 bits per heavy atom. The maximum absolute atomic E-state index is 8.87. The minimum atomic E-state index is 0.0915. The maximum atomic E-state index is 8.87. The summed E-state index contributed by atoms with van der Waals surface area (Å²) < 4.78 is 8.11. The molecule has 2 aromatic rings. The molecule has 0 atom stereocenters. The lowest BCUT2D eigenvalue weighted by Crippen LogP contribution is -2.04. The van der Waals surface area contributed by atoms with E-state index in [-0.39, 0.29) is 6.61 Å². The van der Waals surface area contributed by atoms with Crippen molar-refractivity contribution >= 4 is 21.6 Å². The summed E-state index contributed by atoms with van der Waals surface area (Å²) in [6, 6.07) is 3.98. The summed E-state index contributed by atoms with van der Waals surface area (Å²) in [6.45, 7) is 3.30. The van der Waals surface area contributed by atoms with E-state index in [1.165, 1.54) is 0 Å². The standard InChI is InChI=1S/C14H18BrN3O2/c1-10-5-12(15)6-13(20-2)14(10)16-7-11-8-17-18(9-11)3-4-19/h5-6,8-9,16,19H,3-4,7H2,1-2H3. The fourth-order valence-corrected chi connectivity index (χ4v) is 2.56. The van der Waals surface area contributed by atoms with Crippen LogP contribution in [-0.4, -0.2) is 28.6 Å². The molecule has 0 saturated carbocycles. The molecule has 5 nitrogen and oxygen atoms in total. The summed E-state index contributed by atoms with van der Waals surface area (Å²) in [4.78, 5) is 0. The molecule has 0 unspecified atom stereocenters. The zero-order chi connectivity index (χ0) is 14.5. The van der Waals surface area contributed by atoms with Crippen molar-refractivity contribution in [1.82, 2.24) is 9.78 Å². The highest BCUT2D eigenvalue weighted by molar-refractivity contribution is 9.10. The normalized spacial score (nSPS) is 10.6. The van der Waals surface area contributed by atoms with Gasteiger partial charge >= 0.3 is 0 Å². The van der Waals surface area contributed by atoms with Gasteiger partial charge in [0.05, 0.1) is 32.1 Å². The van der Waals surface area contributed by atoms with Crippen molar-refractivity contribution in [2.75, 3.05) is 19.0 Å². The Bertz CT molecular complexity index is 584. The van der Waals surface area contributed by atoms with Gasteiger partial charge in [-0.25, -0.2) is 0 Å². The van der Waals surface area contributed by atoms with E-state index in [1.54, 1.807) is 18.0 Å². The van der Waals surface area contributed by atoms with Crippen LogP contribution in [0.15, 0.2) is 29.0 Å². The molecule has 0 spiro atoms. The second kappa shape index (κ2) is 6.76. The predicted molar refractivity (Wildman–Crippen MR) is 82.1 cm³/mol. The smallest absolute Gasteiger partial charge is 0.143 e. The lowest BCUT2D eigenvalue weighted by atomic mass is 10.2. The molecule has 1 heterocycles. The highest BCUT2D eigenvalue weighted by Crippen LogP contribution is 2.32. The third-order valence-electron chi connectivity index (χ3n) is 2.97. The molecular weight excluding hydrogens is 322 g/mol. The predicted octanol–water partition coefficient (Wildman–Crippen LogP) is 2.57. The number of aryl methyl sites for hydroxylation is 1. The highest BCUT2D eigenvalue weighted by atomic mass is 79.9. The molecule has 20 heavy (non-hydrogen) atoms. The van der Waals surface area contributed by atoms with Crippen LogP contribution in [0.4, 0.5) is 5.69 Å². The van der Waals surface area contributed by atoms with Gasteiger partial charge in [0.15, 0.2) is 0 Å². The number of nitrogens with zero attached hydrogens (tertiary/aromatic N) is 2. The van der Waals surface area contributed by atoms with E-state index < -0.39 is 0 Å². The van der Waals surface area contributed by atoms with Crippen LogP contribution < -0.4 is 10.1 Å². The minimum Gasteiger partial charge on any atom is -0.495 e. The fraction of sp³-hybridized carbons (Fsp3) is 0.357. The first-order valence-electron chi connectivity index (χ1n) is 6.34. The third-order valence-corrected chi connectivity index (χ3v) is 3.43. The van der Waals surface area contributed by atoms with E-state index >= 15 is 0 Å². The number of aromatic nitrogens is 2. The molecule has 0 aliphatic rings. The van der Waals surface area contributed by atoms with E-state index in [9.17, 15) is 0 Å². The second-order valence-corrected chi connectivity index (χ2v) is 5.40. The molecule has 0 aliphatic carbocycles. The number of anilines is 1. The van der Waals surface area contributed by atoms with E-state index in [2.05, 4.69) is 26.3 Å². The summed E-state index contributed by atoms with van der Waals surface area (Å²) in [5.74, 6) is 0.805. The average Bonchev–Trinajstić information content (AvgIpc) is 2.85. The topological polar surface area (TPSA) is 59.3 Å². The van der Waals surface area contributed by atoms with Gasteiger partial charge < -0.3 is 15.2 Å². The Balaban J connectivity index is 2.10. The van der Waals surface area contributed by atoms with Crippen LogP contribution in [0.2, 0.25) is 0 Å². The molecule has 6 heteroatoms. The van der Waals surface area contributed by atoms with Crippen LogP contribution in [0.25, 0.3) is 0 Å². The van der Waals surface area contributed by atoms with Gasteiger partial charge in [0.2, 0.25) is 0 Å². The summed E-state index contributed by atoms with van der Waals surface area (Å²) in [5.41, 5.74) is 3.15. The molecule has 0 aliphatic heterocycles. The number of methoxy groups -OCH3 is 1. The van der Waals surface area contributed by atoms with Crippen molar-refractivity contribution < 1.29 is 9.84 Å². The highest BCUT2D eigenvalue weighted by Gasteiger charge is 2.08. The molecule has 0 amide bonds. The monoisotopic (exact) mass is 339 g/mol. The summed E-state index contributed by atoms with van der Waals surface area (Å²) in [5, 5.41) is 16.4. The Labute approximate surface area is 126 Å². The van der Waals surface area contributed by atoms with Crippen molar-refractivity contribution in [2.45, 2.75) is 20.0 Å². The molecule has 1 aromatic carbocycles. The number of aliphatic hydroxyl groups excluding tert-OH is 1. The van der Waals surface area contributed by atoms with Gasteiger partial charge in [0.25, 0.3) is 0 Å².